The Bertz CT molecular complexity index is 992. The van der Waals surface area contributed by atoms with Gasteiger partial charge in [0.25, 0.3) is 15.9 Å². The predicted molar refractivity (Wildman–Crippen MR) is 138 cm³/mol. The molecule has 0 aromatic heterocycles. The third kappa shape index (κ3) is 7.94. The van der Waals surface area contributed by atoms with E-state index in [0.29, 0.717) is 25.1 Å². The van der Waals surface area contributed by atoms with Crippen LogP contribution in [0.15, 0.2) is 28.3 Å². The van der Waals surface area contributed by atoms with E-state index in [1.807, 2.05) is 18.8 Å². The van der Waals surface area contributed by atoms with Gasteiger partial charge in [-0.2, -0.15) is 0 Å². The van der Waals surface area contributed by atoms with Gasteiger partial charge in [0.05, 0.1) is 29.3 Å². The molecule has 36 heavy (non-hydrogen) atoms. The molecule has 2 saturated carbocycles. The van der Waals surface area contributed by atoms with Crippen LogP contribution >= 0.6 is 0 Å². The van der Waals surface area contributed by atoms with Gasteiger partial charge in [-0.3, -0.25) is 4.79 Å². The fraction of sp³-hybridized carbons (Fsp3) is 0.720. The molecule has 2 N–H and O–H groups in total. The van der Waals surface area contributed by atoms with Crippen LogP contribution in [0.3, 0.4) is 0 Å². The first-order valence-corrected chi connectivity index (χ1v) is 14.4. The summed E-state index contributed by atoms with van der Waals surface area (Å²) in [5.41, 5.74) is -1.93. The van der Waals surface area contributed by atoms with Gasteiger partial charge in [0.15, 0.2) is 5.67 Å². The Balaban J connectivity index is 1.71. The quantitative estimate of drug-likeness (QED) is 0.381. The second-order valence-electron chi connectivity index (χ2n) is 10.3. The molecular formula is C25H39FN4O5S. The number of sulfonamides is 1. The molecule has 202 valence electrons. The molecule has 0 spiro atoms. The van der Waals surface area contributed by atoms with E-state index in [9.17, 15) is 22.5 Å². The molecule has 0 saturated heterocycles. The van der Waals surface area contributed by atoms with E-state index in [4.69, 9.17) is 4.74 Å². The van der Waals surface area contributed by atoms with Gasteiger partial charge in [-0.15, -0.1) is 4.91 Å². The number of carbonyl (C=O) groups is 1. The molecule has 0 unspecified atom stereocenters. The Kier molecular flexibility index (Phi) is 10.2. The standard InChI is InChI=1S/C25H39FN4O5S/c1-30(2)16-13-19(18-35-20-9-5-3-6-10-20)27-22-12-11-21(17-23(22)28-32)36(33,34)29-24(31)25(26)14-7-4-8-15-25/h11-12,17,19-20,27H,3-10,13-16,18H2,1-2H3,(H,29,31)/t19-/m1/s1. The molecule has 0 bridgehead atoms. The van der Waals surface area contributed by atoms with E-state index in [1.165, 1.54) is 18.6 Å². The molecule has 1 aromatic rings. The van der Waals surface area contributed by atoms with E-state index < -0.39 is 21.6 Å². The topological polar surface area (TPSA) is 117 Å². The minimum absolute atomic E-state index is 0.00435. The largest absolute Gasteiger partial charge is 0.378 e. The number of benzene rings is 1. The van der Waals surface area contributed by atoms with E-state index >= 15 is 0 Å². The van der Waals surface area contributed by atoms with Crippen LogP contribution in [0, 0.1) is 4.91 Å². The van der Waals surface area contributed by atoms with Crippen molar-refractivity contribution in [2.75, 3.05) is 32.6 Å². The summed E-state index contributed by atoms with van der Waals surface area (Å²) in [4.78, 5) is 25.8. The third-order valence-electron chi connectivity index (χ3n) is 7.03. The molecule has 0 heterocycles. The predicted octanol–water partition coefficient (Wildman–Crippen LogP) is 4.64. The first-order valence-electron chi connectivity index (χ1n) is 12.9. The highest BCUT2D eigenvalue weighted by Gasteiger charge is 2.41. The van der Waals surface area contributed by atoms with Gasteiger partial charge in [0.1, 0.15) is 5.69 Å². The summed E-state index contributed by atoms with van der Waals surface area (Å²) in [6, 6.07) is 3.71. The lowest BCUT2D eigenvalue weighted by atomic mass is 9.86. The van der Waals surface area contributed by atoms with Crippen molar-refractivity contribution < 1.29 is 22.3 Å². The summed E-state index contributed by atoms with van der Waals surface area (Å²) in [6.45, 7) is 1.24. The number of hydrogen-bond acceptors (Lipinski definition) is 8. The van der Waals surface area contributed by atoms with E-state index in [-0.39, 0.29) is 35.6 Å². The van der Waals surface area contributed by atoms with Crippen molar-refractivity contribution in [3.63, 3.8) is 0 Å². The number of nitroso groups, excluding NO2 is 1. The maximum Gasteiger partial charge on any atom is 0.271 e. The maximum absolute atomic E-state index is 14.9. The molecule has 11 heteroatoms. The number of nitrogens with one attached hydrogen (secondary N) is 2. The molecule has 2 aliphatic carbocycles. The van der Waals surface area contributed by atoms with Crippen molar-refractivity contribution in [3.05, 3.63) is 23.1 Å². The van der Waals surface area contributed by atoms with Crippen LogP contribution in [-0.4, -0.2) is 64.3 Å². The second kappa shape index (κ2) is 12.9. The summed E-state index contributed by atoms with van der Waals surface area (Å²) >= 11 is 0. The first kappa shape index (κ1) is 28.5. The van der Waals surface area contributed by atoms with Crippen LogP contribution in [0.5, 0.6) is 0 Å². The number of amides is 1. The van der Waals surface area contributed by atoms with Crippen molar-refractivity contribution in [2.24, 2.45) is 5.18 Å². The van der Waals surface area contributed by atoms with E-state index in [0.717, 1.165) is 51.1 Å². The zero-order valence-corrected chi connectivity index (χ0v) is 22.1. The Labute approximate surface area is 213 Å². The normalized spacial score (nSPS) is 19.6. The number of anilines is 1. The van der Waals surface area contributed by atoms with Crippen molar-refractivity contribution in [1.29, 1.82) is 0 Å². The molecule has 0 radical (unpaired) electrons. The lowest BCUT2D eigenvalue weighted by Crippen LogP contribution is -2.46. The molecule has 0 aliphatic heterocycles. The smallest absolute Gasteiger partial charge is 0.271 e. The summed E-state index contributed by atoms with van der Waals surface area (Å²) < 4.78 is 48.5. The Morgan fingerprint density at radius 3 is 2.47 bits per heavy atom. The monoisotopic (exact) mass is 526 g/mol. The average molecular weight is 527 g/mol. The summed E-state index contributed by atoms with van der Waals surface area (Å²) in [6.07, 6.45) is 8.48. The van der Waals surface area contributed by atoms with Crippen LogP contribution in [0.2, 0.25) is 0 Å². The fourth-order valence-electron chi connectivity index (χ4n) is 4.80. The third-order valence-corrected chi connectivity index (χ3v) is 8.36. The van der Waals surface area contributed by atoms with Crippen LogP contribution in [0.4, 0.5) is 15.8 Å². The van der Waals surface area contributed by atoms with Gasteiger partial charge in [-0.05, 0) is 89.0 Å². The van der Waals surface area contributed by atoms with Gasteiger partial charge >= 0.3 is 0 Å². The first-order chi connectivity index (χ1) is 17.1. The zero-order valence-electron chi connectivity index (χ0n) is 21.3. The van der Waals surface area contributed by atoms with Crippen LogP contribution in [0.25, 0.3) is 0 Å². The van der Waals surface area contributed by atoms with E-state index in [1.54, 1.807) is 0 Å². The Morgan fingerprint density at radius 2 is 1.83 bits per heavy atom. The zero-order chi connectivity index (χ0) is 26.2. The van der Waals surface area contributed by atoms with Gasteiger partial charge in [-0.1, -0.05) is 25.7 Å². The molecule has 9 nitrogen and oxygen atoms in total. The molecular weight excluding hydrogens is 487 g/mol. The summed E-state index contributed by atoms with van der Waals surface area (Å²) in [5.74, 6) is -1.16. The summed E-state index contributed by atoms with van der Waals surface area (Å²) in [7, 11) is -0.424. The van der Waals surface area contributed by atoms with Crippen molar-refractivity contribution in [2.45, 2.75) is 93.3 Å². The van der Waals surface area contributed by atoms with Crippen LogP contribution in [-0.2, 0) is 19.6 Å². The second-order valence-corrected chi connectivity index (χ2v) is 11.9. The number of ether oxygens (including phenoxy) is 1. The molecule has 1 atom stereocenters. The molecule has 1 aromatic carbocycles. The number of rotatable bonds is 12. The maximum atomic E-state index is 14.9. The lowest BCUT2D eigenvalue weighted by Gasteiger charge is -2.28. The number of halogens is 1. The Hall–Kier alpha value is -2.11. The molecule has 2 fully saturated rings. The Morgan fingerprint density at radius 1 is 1.17 bits per heavy atom. The molecule has 2 aliphatic rings. The number of carbonyl (C=O) groups excluding carboxylic acids is 1. The minimum atomic E-state index is -4.37. The highest BCUT2D eigenvalue weighted by Crippen LogP contribution is 2.33. The summed E-state index contributed by atoms with van der Waals surface area (Å²) in [5, 5.41) is 6.29. The average Bonchev–Trinajstić information content (AvgIpc) is 2.86. The fourth-order valence-corrected chi connectivity index (χ4v) is 5.86. The lowest BCUT2D eigenvalue weighted by molar-refractivity contribution is -0.133. The highest BCUT2D eigenvalue weighted by atomic mass is 32.2. The van der Waals surface area contributed by atoms with Crippen LogP contribution in [0.1, 0.15) is 70.6 Å². The van der Waals surface area contributed by atoms with Gasteiger partial charge in [0, 0.05) is 0 Å². The SMILES string of the molecule is CN(C)CC[C@H](COC1CCCCC1)Nc1ccc(S(=O)(=O)NC(=O)C2(F)CCCCC2)cc1N=O. The molecule has 1 amide bonds. The van der Waals surface area contributed by atoms with Gasteiger partial charge < -0.3 is 15.0 Å². The van der Waals surface area contributed by atoms with Crippen LogP contribution < -0.4 is 10.0 Å². The van der Waals surface area contributed by atoms with Crippen molar-refractivity contribution in [1.82, 2.24) is 9.62 Å². The van der Waals surface area contributed by atoms with Crippen molar-refractivity contribution >= 4 is 27.3 Å². The van der Waals surface area contributed by atoms with Crippen molar-refractivity contribution in [3.8, 4) is 0 Å². The minimum Gasteiger partial charge on any atom is -0.378 e. The molecule has 3 rings (SSSR count). The van der Waals surface area contributed by atoms with Gasteiger partial charge in [-0.25, -0.2) is 17.5 Å². The number of alkyl halides is 1. The van der Waals surface area contributed by atoms with Gasteiger partial charge in [0.2, 0.25) is 0 Å². The highest BCUT2D eigenvalue weighted by molar-refractivity contribution is 7.90. The number of hydrogen-bond donors (Lipinski definition) is 2. The van der Waals surface area contributed by atoms with E-state index in [2.05, 4.69) is 15.4 Å². The number of nitrogens with zero attached hydrogens (tertiary/aromatic N) is 2.